The first-order valence-corrected chi connectivity index (χ1v) is 12.6. The van der Waals surface area contributed by atoms with Crippen LogP contribution in [-0.4, -0.2) is 58.9 Å². The number of sulfonamides is 1. The van der Waals surface area contributed by atoms with Gasteiger partial charge in [0.2, 0.25) is 15.9 Å². The third-order valence-electron chi connectivity index (χ3n) is 5.08. The Morgan fingerprint density at radius 3 is 2.52 bits per heavy atom. The van der Waals surface area contributed by atoms with E-state index in [1.807, 2.05) is 6.92 Å². The zero-order valence-corrected chi connectivity index (χ0v) is 19.6. The van der Waals surface area contributed by atoms with E-state index in [-0.39, 0.29) is 17.6 Å². The van der Waals surface area contributed by atoms with E-state index in [0.717, 1.165) is 23.4 Å². The number of ether oxygens (including phenoxy) is 2. The molecule has 3 rings (SSSR count). The molecule has 33 heavy (non-hydrogen) atoms. The van der Waals surface area contributed by atoms with E-state index in [0.29, 0.717) is 36.9 Å². The third-order valence-corrected chi connectivity index (χ3v) is 6.22. The van der Waals surface area contributed by atoms with E-state index in [4.69, 9.17) is 9.47 Å². The number of anilines is 2. The molecule has 1 atom stereocenters. The smallest absolute Gasteiger partial charge is 0.253 e. The first kappa shape index (κ1) is 24.5. The predicted octanol–water partition coefficient (Wildman–Crippen LogP) is 2.40. The highest BCUT2D eigenvalue weighted by Crippen LogP contribution is 2.22. The summed E-state index contributed by atoms with van der Waals surface area (Å²) in [4.78, 5) is 25.4. The van der Waals surface area contributed by atoms with Gasteiger partial charge in [-0.25, -0.2) is 8.42 Å². The van der Waals surface area contributed by atoms with Crippen LogP contribution in [0.15, 0.2) is 48.5 Å². The molecule has 0 saturated carbocycles. The lowest BCUT2D eigenvalue weighted by atomic mass is 10.1. The van der Waals surface area contributed by atoms with Gasteiger partial charge in [0, 0.05) is 13.2 Å². The second-order valence-electron chi connectivity index (χ2n) is 7.64. The Hall–Kier alpha value is -3.11. The van der Waals surface area contributed by atoms with Gasteiger partial charge >= 0.3 is 0 Å². The zero-order valence-electron chi connectivity index (χ0n) is 18.7. The van der Waals surface area contributed by atoms with E-state index >= 15 is 0 Å². The van der Waals surface area contributed by atoms with E-state index < -0.39 is 22.5 Å². The van der Waals surface area contributed by atoms with Crippen LogP contribution in [0.2, 0.25) is 0 Å². The van der Waals surface area contributed by atoms with Gasteiger partial charge in [-0.3, -0.25) is 13.9 Å². The fourth-order valence-electron chi connectivity index (χ4n) is 3.49. The van der Waals surface area contributed by atoms with Crippen molar-refractivity contribution < 1.29 is 27.5 Å². The third kappa shape index (κ3) is 6.93. The minimum atomic E-state index is -3.74. The largest absolute Gasteiger partial charge is 0.494 e. The molecule has 0 radical (unpaired) electrons. The van der Waals surface area contributed by atoms with E-state index in [9.17, 15) is 18.0 Å². The molecular weight excluding hydrogens is 446 g/mol. The van der Waals surface area contributed by atoms with Crippen molar-refractivity contribution in [2.24, 2.45) is 0 Å². The van der Waals surface area contributed by atoms with Crippen molar-refractivity contribution in [2.45, 2.75) is 25.9 Å². The summed E-state index contributed by atoms with van der Waals surface area (Å²) >= 11 is 0. The summed E-state index contributed by atoms with van der Waals surface area (Å²) in [7, 11) is -3.74. The SMILES string of the molecule is CCOc1ccc(N(CC(=O)Nc2ccccc2C(=O)NC[C@@H]2CCCO2)S(C)(=O)=O)cc1. The van der Waals surface area contributed by atoms with E-state index in [2.05, 4.69) is 10.6 Å². The van der Waals surface area contributed by atoms with Gasteiger partial charge in [0.15, 0.2) is 0 Å². The average Bonchev–Trinajstić information content (AvgIpc) is 3.30. The minimum absolute atomic E-state index is 0.00635. The summed E-state index contributed by atoms with van der Waals surface area (Å²) in [5.41, 5.74) is 0.919. The molecule has 2 aromatic rings. The molecule has 10 heteroatoms. The molecule has 2 amide bonds. The number of amides is 2. The number of nitrogens with zero attached hydrogens (tertiary/aromatic N) is 1. The highest BCUT2D eigenvalue weighted by Gasteiger charge is 2.23. The normalized spacial score (nSPS) is 15.6. The highest BCUT2D eigenvalue weighted by atomic mass is 32.2. The molecule has 0 aliphatic carbocycles. The van der Waals surface area contributed by atoms with Gasteiger partial charge in [0.25, 0.3) is 5.91 Å². The van der Waals surface area contributed by atoms with Crippen LogP contribution in [0.3, 0.4) is 0 Å². The monoisotopic (exact) mass is 475 g/mol. The highest BCUT2D eigenvalue weighted by molar-refractivity contribution is 7.92. The van der Waals surface area contributed by atoms with Gasteiger partial charge in [-0.2, -0.15) is 0 Å². The summed E-state index contributed by atoms with van der Waals surface area (Å²) in [6, 6.07) is 13.0. The van der Waals surface area contributed by atoms with Crippen molar-refractivity contribution >= 4 is 33.2 Å². The maximum Gasteiger partial charge on any atom is 0.253 e. The second-order valence-corrected chi connectivity index (χ2v) is 9.54. The Bertz CT molecular complexity index is 1070. The van der Waals surface area contributed by atoms with Crippen LogP contribution < -0.4 is 19.7 Å². The maximum atomic E-state index is 12.8. The second kappa shape index (κ2) is 11.2. The quantitative estimate of drug-likeness (QED) is 0.546. The Labute approximate surface area is 194 Å². The minimum Gasteiger partial charge on any atom is -0.494 e. The summed E-state index contributed by atoms with van der Waals surface area (Å²) in [5.74, 6) is -0.316. The molecule has 178 valence electrons. The lowest BCUT2D eigenvalue weighted by molar-refractivity contribution is -0.114. The number of hydrogen-bond acceptors (Lipinski definition) is 6. The van der Waals surface area contributed by atoms with Crippen molar-refractivity contribution in [2.75, 3.05) is 42.2 Å². The van der Waals surface area contributed by atoms with Crippen LogP contribution in [0.25, 0.3) is 0 Å². The van der Waals surface area contributed by atoms with Gasteiger partial charge in [-0.05, 0) is 56.2 Å². The number of benzene rings is 2. The molecule has 9 nitrogen and oxygen atoms in total. The van der Waals surface area contributed by atoms with Gasteiger partial charge in [0.1, 0.15) is 12.3 Å². The topological polar surface area (TPSA) is 114 Å². The summed E-state index contributed by atoms with van der Waals surface area (Å²) in [6.45, 7) is 2.97. The van der Waals surface area contributed by atoms with Crippen molar-refractivity contribution in [1.82, 2.24) is 5.32 Å². The molecule has 0 bridgehead atoms. The van der Waals surface area contributed by atoms with Crippen molar-refractivity contribution in [3.05, 3.63) is 54.1 Å². The van der Waals surface area contributed by atoms with Crippen LogP contribution in [0.5, 0.6) is 5.75 Å². The molecule has 2 N–H and O–H groups in total. The molecule has 1 fully saturated rings. The van der Waals surface area contributed by atoms with Crippen molar-refractivity contribution in [1.29, 1.82) is 0 Å². The summed E-state index contributed by atoms with van der Waals surface area (Å²) < 4.78 is 36.6. The van der Waals surface area contributed by atoms with Crippen LogP contribution in [-0.2, 0) is 19.6 Å². The fourth-order valence-corrected chi connectivity index (χ4v) is 4.35. The fraction of sp³-hybridized carbons (Fsp3) is 0.391. The van der Waals surface area contributed by atoms with Gasteiger partial charge in [-0.1, -0.05) is 12.1 Å². The van der Waals surface area contributed by atoms with Gasteiger partial charge in [0.05, 0.1) is 35.9 Å². The Morgan fingerprint density at radius 1 is 1.15 bits per heavy atom. The maximum absolute atomic E-state index is 12.8. The molecule has 0 aromatic heterocycles. The standard InChI is InChI=1S/C23H29N3O6S/c1-3-31-18-12-10-17(11-13-18)26(33(2,29)30)16-22(27)25-21-9-5-4-8-20(21)23(28)24-15-19-7-6-14-32-19/h4-5,8-13,19H,3,6-7,14-16H2,1-2H3,(H,24,28)(H,25,27)/t19-/m0/s1. The predicted molar refractivity (Wildman–Crippen MR) is 126 cm³/mol. The number of carbonyl (C=O) groups is 2. The number of nitrogens with one attached hydrogen (secondary N) is 2. The van der Waals surface area contributed by atoms with E-state index in [1.54, 1.807) is 48.5 Å². The van der Waals surface area contributed by atoms with Gasteiger partial charge < -0.3 is 20.1 Å². The van der Waals surface area contributed by atoms with E-state index in [1.165, 1.54) is 0 Å². The Morgan fingerprint density at radius 2 is 1.88 bits per heavy atom. The molecule has 1 aliphatic heterocycles. The first-order chi connectivity index (χ1) is 15.8. The Balaban J connectivity index is 1.69. The number of rotatable bonds is 10. The number of para-hydroxylation sites is 1. The summed E-state index contributed by atoms with van der Waals surface area (Å²) in [6.07, 6.45) is 2.89. The van der Waals surface area contributed by atoms with Crippen LogP contribution in [0.4, 0.5) is 11.4 Å². The average molecular weight is 476 g/mol. The lowest BCUT2D eigenvalue weighted by Crippen LogP contribution is -2.38. The molecule has 1 aliphatic rings. The molecule has 0 spiro atoms. The number of carbonyl (C=O) groups excluding carboxylic acids is 2. The van der Waals surface area contributed by atoms with Gasteiger partial charge in [-0.15, -0.1) is 0 Å². The van der Waals surface area contributed by atoms with Crippen molar-refractivity contribution in [3.8, 4) is 5.75 Å². The molecule has 1 saturated heterocycles. The Kier molecular flexibility index (Phi) is 8.29. The van der Waals surface area contributed by atoms with Crippen LogP contribution in [0.1, 0.15) is 30.1 Å². The van der Waals surface area contributed by atoms with Crippen molar-refractivity contribution in [3.63, 3.8) is 0 Å². The molecule has 0 unspecified atom stereocenters. The first-order valence-electron chi connectivity index (χ1n) is 10.8. The molecular formula is C23H29N3O6S. The molecule has 1 heterocycles. The molecule has 2 aromatic carbocycles. The van der Waals surface area contributed by atoms with Crippen LogP contribution in [0, 0.1) is 0 Å². The summed E-state index contributed by atoms with van der Waals surface area (Å²) in [5, 5.41) is 5.49. The zero-order chi connectivity index (χ0) is 23.8. The van der Waals surface area contributed by atoms with Crippen LogP contribution >= 0.6 is 0 Å². The number of hydrogen-bond donors (Lipinski definition) is 2. The lowest BCUT2D eigenvalue weighted by Gasteiger charge is -2.22.